The maximum absolute atomic E-state index is 12.6. The molecule has 1 fully saturated rings. The number of nitrogens with two attached hydrogens (primary N) is 1. The summed E-state index contributed by atoms with van der Waals surface area (Å²) in [6.07, 6.45) is 4.83. The van der Waals surface area contributed by atoms with Crippen molar-refractivity contribution in [2.45, 2.75) is 25.3 Å². The number of nitrogen functional groups attached to an aromatic ring is 1. The Morgan fingerprint density at radius 1 is 1.15 bits per heavy atom. The number of pyridine rings is 2. The van der Waals surface area contributed by atoms with Crippen LogP contribution in [-0.4, -0.2) is 46.9 Å². The molecule has 0 spiro atoms. The third kappa shape index (κ3) is 5.28. The molecule has 3 aromatic rings. The molecule has 0 unspecified atom stereocenters. The van der Waals surface area contributed by atoms with E-state index in [0.29, 0.717) is 30.8 Å². The molecule has 1 aromatic carbocycles. The number of carbonyl (C=O) groups excluding carboxylic acids is 2. The van der Waals surface area contributed by atoms with Gasteiger partial charge in [-0.25, -0.2) is 4.98 Å². The number of benzene rings is 1. The first-order chi connectivity index (χ1) is 16.0. The van der Waals surface area contributed by atoms with Gasteiger partial charge in [-0.2, -0.15) is 0 Å². The molecule has 0 saturated carbocycles. The first kappa shape index (κ1) is 22.3. The minimum absolute atomic E-state index is 0.00271. The van der Waals surface area contributed by atoms with Crippen LogP contribution in [0.15, 0.2) is 60.9 Å². The summed E-state index contributed by atoms with van der Waals surface area (Å²) in [7, 11) is 1.61. The third-order valence-corrected chi connectivity index (χ3v) is 5.89. The predicted molar refractivity (Wildman–Crippen MR) is 125 cm³/mol. The quantitative estimate of drug-likeness (QED) is 0.603. The molecule has 2 aromatic heterocycles. The zero-order chi connectivity index (χ0) is 23.2. The Balaban J connectivity index is 1.34. The van der Waals surface area contributed by atoms with Gasteiger partial charge in [-0.05, 0) is 54.8 Å². The van der Waals surface area contributed by atoms with Gasteiger partial charge in [0.05, 0.1) is 18.2 Å². The molecule has 3 heterocycles. The monoisotopic (exact) mass is 445 g/mol. The van der Waals surface area contributed by atoms with E-state index in [-0.39, 0.29) is 23.6 Å². The van der Waals surface area contributed by atoms with Crippen molar-refractivity contribution in [3.8, 4) is 5.75 Å². The van der Waals surface area contributed by atoms with E-state index in [1.54, 1.807) is 37.7 Å². The van der Waals surface area contributed by atoms with Crippen molar-refractivity contribution in [1.82, 2.24) is 20.2 Å². The van der Waals surface area contributed by atoms with Crippen LogP contribution in [0.5, 0.6) is 5.75 Å². The fraction of sp³-hybridized carbons (Fsp3) is 0.280. The van der Waals surface area contributed by atoms with Gasteiger partial charge in [0.15, 0.2) is 0 Å². The van der Waals surface area contributed by atoms with Crippen LogP contribution < -0.4 is 15.8 Å². The number of hydrogen-bond donors (Lipinski definition) is 2. The van der Waals surface area contributed by atoms with E-state index >= 15 is 0 Å². The molecule has 1 aliphatic heterocycles. The number of aromatic nitrogens is 2. The summed E-state index contributed by atoms with van der Waals surface area (Å²) < 4.78 is 5.21. The minimum Gasteiger partial charge on any atom is -0.497 e. The third-order valence-electron chi connectivity index (χ3n) is 5.89. The van der Waals surface area contributed by atoms with Crippen molar-refractivity contribution in [1.29, 1.82) is 0 Å². The van der Waals surface area contributed by atoms with E-state index in [1.807, 2.05) is 35.2 Å². The van der Waals surface area contributed by atoms with Gasteiger partial charge < -0.3 is 20.7 Å². The summed E-state index contributed by atoms with van der Waals surface area (Å²) in [6.45, 7) is 1.64. The van der Waals surface area contributed by atoms with Gasteiger partial charge >= 0.3 is 0 Å². The highest BCUT2D eigenvalue weighted by molar-refractivity contribution is 5.98. The van der Waals surface area contributed by atoms with Crippen LogP contribution in [-0.2, 0) is 6.54 Å². The highest BCUT2D eigenvalue weighted by atomic mass is 16.5. The maximum atomic E-state index is 12.6. The molecule has 0 bridgehead atoms. The van der Waals surface area contributed by atoms with E-state index in [4.69, 9.17) is 10.5 Å². The van der Waals surface area contributed by atoms with E-state index in [0.717, 1.165) is 29.8 Å². The standard InChI is InChI=1S/C25H27N5O3/c1-33-20-6-2-4-17(14-20)15-28-24(31)21-7-8-22(29-23(21)26)18-9-12-30(13-10-18)25(32)19-5-3-11-27-16-19/h2-8,11,14,16,18H,9-10,12-13,15H2,1H3,(H2,26,29)(H,28,31). The van der Waals surface area contributed by atoms with Crippen molar-refractivity contribution in [3.05, 3.63) is 83.3 Å². The molecular formula is C25H27N5O3. The molecule has 0 radical (unpaired) electrons. The number of anilines is 1. The van der Waals surface area contributed by atoms with Gasteiger partial charge in [-0.1, -0.05) is 12.1 Å². The number of nitrogens with one attached hydrogen (secondary N) is 1. The Morgan fingerprint density at radius 2 is 1.97 bits per heavy atom. The van der Waals surface area contributed by atoms with Crippen LogP contribution in [0.25, 0.3) is 0 Å². The Morgan fingerprint density at radius 3 is 2.67 bits per heavy atom. The van der Waals surface area contributed by atoms with Crippen molar-refractivity contribution < 1.29 is 14.3 Å². The van der Waals surface area contributed by atoms with Gasteiger partial charge in [0.25, 0.3) is 11.8 Å². The number of ether oxygens (including phenoxy) is 1. The topological polar surface area (TPSA) is 110 Å². The molecular weight excluding hydrogens is 418 g/mol. The number of piperidine rings is 1. The Bertz CT molecular complexity index is 1130. The number of hydrogen-bond acceptors (Lipinski definition) is 6. The smallest absolute Gasteiger partial charge is 0.255 e. The summed E-state index contributed by atoms with van der Waals surface area (Å²) in [5.41, 5.74) is 8.87. The van der Waals surface area contributed by atoms with E-state index in [1.165, 1.54) is 0 Å². The van der Waals surface area contributed by atoms with Crippen LogP contribution in [0.4, 0.5) is 5.82 Å². The van der Waals surface area contributed by atoms with Crippen LogP contribution >= 0.6 is 0 Å². The summed E-state index contributed by atoms with van der Waals surface area (Å²) >= 11 is 0. The van der Waals surface area contributed by atoms with Gasteiger partial charge in [0.1, 0.15) is 11.6 Å². The molecule has 0 aliphatic carbocycles. The van der Waals surface area contributed by atoms with E-state index in [9.17, 15) is 9.59 Å². The minimum atomic E-state index is -0.272. The predicted octanol–water partition coefficient (Wildman–Crippen LogP) is 3.02. The van der Waals surface area contributed by atoms with E-state index < -0.39 is 0 Å². The van der Waals surface area contributed by atoms with Crippen LogP contribution in [0.3, 0.4) is 0 Å². The Hall–Kier alpha value is -3.94. The number of likely N-dealkylation sites (tertiary alicyclic amines) is 1. The second-order valence-corrected chi connectivity index (χ2v) is 8.01. The molecule has 1 saturated heterocycles. The van der Waals surface area contributed by atoms with Crippen molar-refractivity contribution in [2.75, 3.05) is 25.9 Å². The fourth-order valence-electron chi connectivity index (χ4n) is 4.02. The molecule has 170 valence electrons. The SMILES string of the molecule is COc1cccc(CNC(=O)c2ccc(C3CCN(C(=O)c4cccnc4)CC3)nc2N)c1. The molecule has 1 aliphatic rings. The van der Waals surface area contributed by atoms with Crippen molar-refractivity contribution >= 4 is 17.6 Å². The van der Waals surface area contributed by atoms with Crippen LogP contribution in [0.2, 0.25) is 0 Å². The average molecular weight is 446 g/mol. The summed E-state index contributed by atoms with van der Waals surface area (Å²) in [5, 5.41) is 2.88. The Kier molecular flexibility index (Phi) is 6.83. The first-order valence-corrected chi connectivity index (χ1v) is 10.9. The zero-order valence-corrected chi connectivity index (χ0v) is 18.5. The molecule has 4 rings (SSSR count). The second-order valence-electron chi connectivity index (χ2n) is 8.01. The highest BCUT2D eigenvalue weighted by Crippen LogP contribution is 2.28. The van der Waals surface area contributed by atoms with Crippen molar-refractivity contribution in [2.24, 2.45) is 0 Å². The normalized spacial score (nSPS) is 14.0. The fourth-order valence-corrected chi connectivity index (χ4v) is 4.02. The number of amides is 2. The molecule has 8 nitrogen and oxygen atoms in total. The molecule has 2 amide bonds. The maximum Gasteiger partial charge on any atom is 0.255 e. The van der Waals surface area contributed by atoms with Gasteiger partial charge in [-0.15, -0.1) is 0 Å². The van der Waals surface area contributed by atoms with Gasteiger partial charge in [0, 0.05) is 43.6 Å². The van der Waals surface area contributed by atoms with Crippen LogP contribution in [0.1, 0.15) is 50.7 Å². The van der Waals surface area contributed by atoms with Crippen LogP contribution in [0, 0.1) is 0 Å². The molecule has 0 atom stereocenters. The molecule has 33 heavy (non-hydrogen) atoms. The highest BCUT2D eigenvalue weighted by Gasteiger charge is 2.26. The second kappa shape index (κ2) is 10.1. The number of methoxy groups -OCH3 is 1. The largest absolute Gasteiger partial charge is 0.497 e. The number of nitrogens with zero attached hydrogens (tertiary/aromatic N) is 3. The lowest BCUT2D eigenvalue weighted by molar-refractivity contribution is 0.0711. The average Bonchev–Trinajstić information content (AvgIpc) is 2.87. The Labute approximate surface area is 192 Å². The first-order valence-electron chi connectivity index (χ1n) is 10.9. The summed E-state index contributed by atoms with van der Waals surface area (Å²) in [6, 6.07) is 14.6. The summed E-state index contributed by atoms with van der Waals surface area (Å²) in [5.74, 6) is 0.868. The lowest BCUT2D eigenvalue weighted by Gasteiger charge is -2.32. The molecule has 3 N–H and O–H groups in total. The van der Waals surface area contributed by atoms with Crippen molar-refractivity contribution in [3.63, 3.8) is 0 Å². The summed E-state index contributed by atoms with van der Waals surface area (Å²) in [4.78, 5) is 35.6. The lowest BCUT2D eigenvalue weighted by atomic mass is 9.92. The number of carbonyl (C=O) groups is 2. The molecule has 8 heteroatoms. The number of rotatable bonds is 6. The lowest BCUT2D eigenvalue weighted by Crippen LogP contribution is -2.38. The zero-order valence-electron chi connectivity index (χ0n) is 18.5. The van der Waals surface area contributed by atoms with Gasteiger partial charge in [-0.3, -0.25) is 14.6 Å². The van der Waals surface area contributed by atoms with Gasteiger partial charge in [0.2, 0.25) is 0 Å². The van der Waals surface area contributed by atoms with E-state index in [2.05, 4.69) is 15.3 Å².